The number of nitrogens with zero attached hydrogens (tertiary/aromatic N) is 1. The predicted molar refractivity (Wildman–Crippen MR) is 60.2 cm³/mol. The van der Waals surface area contributed by atoms with Gasteiger partial charge in [0, 0.05) is 12.6 Å². The van der Waals surface area contributed by atoms with Crippen LogP contribution in [0.4, 0.5) is 36.4 Å². The van der Waals surface area contributed by atoms with Crippen LogP contribution in [0.25, 0.3) is 0 Å². The smallest absolute Gasteiger partial charge is 0.292 e. The first-order valence-electron chi connectivity index (χ1n) is 5.43. The Hall–Kier alpha value is -1.93. The van der Waals surface area contributed by atoms with Crippen LogP contribution in [0.3, 0.4) is 0 Å². The number of aliphatic imine (C=N–C) groups is 1. The lowest BCUT2D eigenvalue weighted by atomic mass is 10.0. The number of rotatable bonds is 5. The molecule has 0 saturated carbocycles. The zero-order valence-corrected chi connectivity index (χ0v) is 10.2. The summed E-state index contributed by atoms with van der Waals surface area (Å²) in [7, 11) is 0. The number of alkyl halides is 7. The summed E-state index contributed by atoms with van der Waals surface area (Å²) in [5.41, 5.74) is 0.233. The highest BCUT2D eigenvalue weighted by atomic mass is 19.4. The second-order valence-electron chi connectivity index (χ2n) is 3.92. The molecule has 0 bridgehead atoms. The molecule has 0 N–H and O–H groups in total. The van der Waals surface area contributed by atoms with Crippen LogP contribution in [0.1, 0.15) is 6.42 Å². The Morgan fingerprint density at radius 2 is 1.52 bits per heavy atom. The number of hydrogen-bond acceptors (Lipinski definition) is 2. The molecule has 9 heteroatoms. The van der Waals surface area contributed by atoms with Gasteiger partial charge in [0.2, 0.25) is 5.78 Å². The lowest BCUT2D eigenvalue weighted by Crippen LogP contribution is -2.56. The van der Waals surface area contributed by atoms with Crippen molar-refractivity contribution < 1.29 is 35.5 Å². The minimum atomic E-state index is -6.53. The minimum Gasteiger partial charge on any atom is -0.292 e. The summed E-state index contributed by atoms with van der Waals surface area (Å²) in [6.07, 6.45) is -7.33. The zero-order valence-electron chi connectivity index (χ0n) is 10.2. The second-order valence-corrected chi connectivity index (χ2v) is 3.92. The molecule has 0 fully saturated rings. The normalized spacial score (nSPS) is 13.7. The maximum atomic E-state index is 12.9. The Bertz CT molecular complexity index is 522. The van der Waals surface area contributed by atoms with Crippen LogP contribution in [0.15, 0.2) is 35.3 Å². The highest BCUT2D eigenvalue weighted by molar-refractivity contribution is 5.97. The molecule has 0 saturated heterocycles. The largest absolute Gasteiger partial charge is 0.460 e. The number of ketones is 1. The summed E-state index contributed by atoms with van der Waals surface area (Å²) >= 11 is 0. The van der Waals surface area contributed by atoms with Crippen LogP contribution >= 0.6 is 0 Å². The number of benzene rings is 1. The van der Waals surface area contributed by atoms with Crippen LogP contribution in [0, 0.1) is 0 Å². The molecule has 0 heterocycles. The maximum Gasteiger partial charge on any atom is 0.460 e. The molecule has 116 valence electrons. The van der Waals surface area contributed by atoms with Crippen molar-refractivity contribution in [2.45, 2.75) is 24.4 Å². The van der Waals surface area contributed by atoms with Gasteiger partial charge in [0.1, 0.15) is 0 Å². The molecule has 0 amide bonds. The van der Waals surface area contributed by atoms with E-state index in [9.17, 15) is 35.5 Å². The summed E-state index contributed by atoms with van der Waals surface area (Å²) in [4.78, 5) is 14.4. The SMILES string of the molecule is O=C(CC=Nc1ccccc1)C(F)(F)C(F)(F)C(F)(F)F. The van der Waals surface area contributed by atoms with Crippen LogP contribution in [-0.2, 0) is 4.79 Å². The fourth-order valence-electron chi connectivity index (χ4n) is 1.23. The Balaban J connectivity index is 2.81. The summed E-state index contributed by atoms with van der Waals surface area (Å²) < 4.78 is 86.6. The number of carbonyl (C=O) groups is 1. The van der Waals surface area contributed by atoms with Crippen molar-refractivity contribution in [3.05, 3.63) is 30.3 Å². The van der Waals surface area contributed by atoms with Gasteiger partial charge in [0.05, 0.1) is 5.69 Å². The van der Waals surface area contributed by atoms with E-state index < -0.39 is 30.2 Å². The third-order valence-corrected chi connectivity index (χ3v) is 2.37. The quantitative estimate of drug-likeness (QED) is 0.592. The molecule has 1 aromatic carbocycles. The highest BCUT2D eigenvalue weighted by Crippen LogP contribution is 2.47. The molecule has 2 nitrogen and oxygen atoms in total. The van der Waals surface area contributed by atoms with Gasteiger partial charge in [0.15, 0.2) is 0 Å². The molecule has 0 atom stereocenters. The van der Waals surface area contributed by atoms with Gasteiger partial charge in [0.25, 0.3) is 0 Å². The topological polar surface area (TPSA) is 29.4 Å². The van der Waals surface area contributed by atoms with Gasteiger partial charge in [-0.3, -0.25) is 9.79 Å². The van der Waals surface area contributed by atoms with E-state index in [4.69, 9.17) is 0 Å². The number of Topliss-reactive ketones (excluding diaryl/α,β-unsaturated/α-hetero) is 1. The lowest BCUT2D eigenvalue weighted by Gasteiger charge is -2.26. The first kappa shape index (κ1) is 17.1. The van der Waals surface area contributed by atoms with Crippen molar-refractivity contribution in [2.24, 2.45) is 4.99 Å². The predicted octanol–water partition coefficient (Wildman–Crippen LogP) is 4.18. The fraction of sp³-hybridized carbons (Fsp3) is 0.333. The van der Waals surface area contributed by atoms with Gasteiger partial charge in [-0.05, 0) is 12.1 Å². The number of hydrogen-bond donors (Lipinski definition) is 0. The average molecular weight is 315 g/mol. The molecule has 1 rings (SSSR count). The number of carbonyl (C=O) groups excluding carboxylic acids is 1. The lowest BCUT2D eigenvalue weighted by molar-refractivity contribution is -0.343. The van der Waals surface area contributed by atoms with Crippen molar-refractivity contribution in [3.8, 4) is 0 Å². The molecule has 1 aromatic rings. The molecule has 0 aliphatic carbocycles. The first-order chi connectivity index (χ1) is 9.50. The third kappa shape index (κ3) is 3.59. The molecule has 21 heavy (non-hydrogen) atoms. The van der Waals surface area contributed by atoms with E-state index in [1.54, 1.807) is 6.07 Å². The second kappa shape index (κ2) is 5.82. The monoisotopic (exact) mass is 315 g/mol. The maximum absolute atomic E-state index is 12.9. The Morgan fingerprint density at radius 3 is 2.00 bits per heavy atom. The Kier molecular flexibility index (Phi) is 4.75. The van der Waals surface area contributed by atoms with Crippen LogP contribution in [0.2, 0.25) is 0 Å². The highest BCUT2D eigenvalue weighted by Gasteiger charge is 2.75. The summed E-state index contributed by atoms with van der Waals surface area (Å²) in [6.45, 7) is 0. The summed E-state index contributed by atoms with van der Waals surface area (Å²) in [5, 5.41) is 0. The minimum absolute atomic E-state index is 0.233. The number of para-hydroxylation sites is 1. The molecular formula is C12H8F7NO. The first-order valence-corrected chi connectivity index (χ1v) is 5.43. The molecular weight excluding hydrogens is 307 g/mol. The molecule has 0 aliphatic rings. The molecule has 0 radical (unpaired) electrons. The van der Waals surface area contributed by atoms with Gasteiger partial charge in [-0.1, -0.05) is 18.2 Å². The average Bonchev–Trinajstić information content (AvgIpc) is 2.38. The third-order valence-electron chi connectivity index (χ3n) is 2.37. The van der Waals surface area contributed by atoms with Gasteiger partial charge < -0.3 is 0 Å². The van der Waals surface area contributed by atoms with Gasteiger partial charge in [-0.25, -0.2) is 0 Å². The van der Waals surface area contributed by atoms with E-state index in [-0.39, 0.29) is 5.69 Å². The van der Waals surface area contributed by atoms with E-state index >= 15 is 0 Å². The van der Waals surface area contributed by atoms with Crippen molar-refractivity contribution in [1.29, 1.82) is 0 Å². The Labute approximate surface area is 114 Å². The molecule has 0 aromatic heterocycles. The zero-order chi connectivity index (χ0) is 16.3. The van der Waals surface area contributed by atoms with E-state index in [2.05, 4.69) is 4.99 Å². The standard InChI is InChI=1S/C12H8F7NO/c13-10(14,11(15,16)12(17,18)19)9(21)6-7-20-8-4-2-1-3-5-8/h1-5,7H,6H2. The van der Waals surface area contributed by atoms with Crippen LogP contribution in [0.5, 0.6) is 0 Å². The summed E-state index contributed by atoms with van der Waals surface area (Å²) in [6, 6.07) is 7.51. The molecule has 0 unspecified atom stereocenters. The Morgan fingerprint density at radius 1 is 1.00 bits per heavy atom. The van der Waals surface area contributed by atoms with Gasteiger partial charge in [-0.2, -0.15) is 30.7 Å². The molecule has 0 spiro atoms. The van der Waals surface area contributed by atoms with Crippen molar-refractivity contribution in [3.63, 3.8) is 0 Å². The van der Waals surface area contributed by atoms with E-state index in [0.29, 0.717) is 6.21 Å². The van der Waals surface area contributed by atoms with Crippen molar-refractivity contribution in [1.82, 2.24) is 0 Å². The van der Waals surface area contributed by atoms with Crippen LogP contribution < -0.4 is 0 Å². The van der Waals surface area contributed by atoms with E-state index in [1.165, 1.54) is 24.3 Å². The molecule has 0 aliphatic heterocycles. The fourth-order valence-corrected chi connectivity index (χ4v) is 1.23. The van der Waals surface area contributed by atoms with Gasteiger partial charge in [-0.15, -0.1) is 0 Å². The van der Waals surface area contributed by atoms with Crippen molar-refractivity contribution in [2.75, 3.05) is 0 Å². The van der Waals surface area contributed by atoms with Gasteiger partial charge >= 0.3 is 18.0 Å². The van der Waals surface area contributed by atoms with Crippen molar-refractivity contribution >= 4 is 17.7 Å². The summed E-state index contributed by atoms with van der Waals surface area (Å²) in [5.74, 6) is -14.9. The van der Waals surface area contributed by atoms with Crippen LogP contribution in [-0.4, -0.2) is 30.0 Å². The van der Waals surface area contributed by atoms with E-state index in [1.807, 2.05) is 0 Å². The number of halogens is 7. The van der Waals surface area contributed by atoms with E-state index in [0.717, 1.165) is 0 Å².